The van der Waals surface area contributed by atoms with Crippen molar-refractivity contribution in [3.05, 3.63) is 131 Å². The molecule has 0 radical (unpaired) electrons. The molecule has 0 spiro atoms. The summed E-state index contributed by atoms with van der Waals surface area (Å²) in [6.45, 7) is 11.6. The second-order valence-corrected chi connectivity index (χ2v) is 15.2. The van der Waals surface area contributed by atoms with E-state index < -0.39 is 30.2 Å². The molecule has 7 rings (SSSR count). The third-order valence-corrected chi connectivity index (χ3v) is 11.2. The first-order chi connectivity index (χ1) is 28.5. The summed E-state index contributed by atoms with van der Waals surface area (Å²) >= 11 is 0. The molecule has 0 unspecified atom stereocenters. The number of nitrogens with zero attached hydrogens (tertiary/aromatic N) is 2. The Kier molecular flexibility index (Phi) is 15.4. The molecule has 3 N–H and O–H groups in total. The Morgan fingerprint density at radius 2 is 1.03 bits per heavy atom. The number of ketones is 1. The van der Waals surface area contributed by atoms with E-state index in [0.717, 1.165) is 35.1 Å². The van der Waals surface area contributed by atoms with Crippen molar-refractivity contribution in [2.75, 3.05) is 19.8 Å². The number of hydrogen-bond donors (Lipinski definition) is 3. The fourth-order valence-corrected chi connectivity index (χ4v) is 7.29. The number of benzene rings is 4. The summed E-state index contributed by atoms with van der Waals surface area (Å²) in [7, 11) is 0. The zero-order valence-electron chi connectivity index (χ0n) is 34.5. The van der Waals surface area contributed by atoms with Gasteiger partial charge >= 0.3 is 12.2 Å². The summed E-state index contributed by atoms with van der Waals surface area (Å²) in [6, 6.07) is 31.5. The number of Topliss-reactive ketones (excluding diaryl/α,β-unsaturated/α-hetero) is 1. The standard InChI is InChI=1S/C24H28N2O4.C23H25N3O3.CH4/c1-4-15(2)22(27)13-25-23(28)16(3)26-24(29)30-14-21-19-11-7-5-9-17(19)18-10-6-8-12-20(18)21;1-4-14(2)21-25-26-22(29-21)15(3)24-23(27)28-13-20-18-11-7-5-9-16(18)17-10-6-8-12-19(17)20;/h5-12,15-16,21H,4,13-14H2,1-3H3,(H,25,28)(H,26,29);5-12,14-15,20H,4,13H2,1-3H3,(H,24,27);1H4/t15-,16-;14-,15-;/m00./s1. The molecule has 0 saturated heterocycles. The quantitative estimate of drug-likeness (QED) is 0.0992. The van der Waals surface area contributed by atoms with Crippen molar-refractivity contribution in [2.45, 2.75) is 91.6 Å². The average molecular weight is 816 g/mol. The van der Waals surface area contributed by atoms with E-state index in [9.17, 15) is 19.2 Å². The largest absolute Gasteiger partial charge is 0.449 e. The van der Waals surface area contributed by atoms with E-state index in [1.807, 2.05) is 81.4 Å². The first-order valence-corrected chi connectivity index (χ1v) is 20.4. The number of carbonyl (C=O) groups is 4. The lowest BCUT2D eigenvalue weighted by Gasteiger charge is -2.17. The van der Waals surface area contributed by atoms with Gasteiger partial charge in [0.1, 0.15) is 25.3 Å². The van der Waals surface area contributed by atoms with Gasteiger partial charge in [0.25, 0.3) is 0 Å². The number of fused-ring (bicyclic) bond motifs is 6. The Labute approximate surface area is 352 Å². The third-order valence-electron chi connectivity index (χ3n) is 11.2. The van der Waals surface area contributed by atoms with Gasteiger partial charge in [-0.25, -0.2) is 9.59 Å². The summed E-state index contributed by atoms with van der Waals surface area (Å²) in [5.74, 6) is 0.606. The second kappa shape index (κ2) is 20.6. The van der Waals surface area contributed by atoms with Gasteiger partial charge in [0.05, 0.1) is 6.54 Å². The fraction of sp³-hybridized carbons (Fsp3) is 0.375. The number of carbonyl (C=O) groups excluding carboxylic acids is 4. The minimum atomic E-state index is -0.801. The van der Waals surface area contributed by atoms with Crippen LogP contribution in [0, 0.1) is 5.92 Å². The van der Waals surface area contributed by atoms with Crippen LogP contribution < -0.4 is 16.0 Å². The van der Waals surface area contributed by atoms with Gasteiger partial charge in [-0.15, -0.1) is 10.2 Å². The monoisotopic (exact) mass is 815 g/mol. The molecule has 2 aliphatic rings. The van der Waals surface area contributed by atoms with Gasteiger partial charge in [0.15, 0.2) is 5.78 Å². The highest BCUT2D eigenvalue weighted by Crippen LogP contribution is 2.45. The first-order valence-electron chi connectivity index (χ1n) is 20.4. The molecule has 3 amide bonds. The van der Waals surface area contributed by atoms with Crippen molar-refractivity contribution in [3.63, 3.8) is 0 Å². The number of aromatic nitrogens is 2. The molecule has 2 aliphatic carbocycles. The predicted molar refractivity (Wildman–Crippen MR) is 231 cm³/mol. The third kappa shape index (κ3) is 10.3. The van der Waals surface area contributed by atoms with Gasteiger partial charge in [-0.1, -0.05) is 132 Å². The van der Waals surface area contributed by atoms with Gasteiger partial charge in [-0.3, -0.25) is 9.59 Å². The van der Waals surface area contributed by atoms with Gasteiger partial charge < -0.3 is 29.8 Å². The SMILES string of the molecule is C.CC[C@H](C)C(=O)CNC(=O)[C@H](C)NC(=O)OCC1c2ccccc2-c2ccccc21.CC[C@H](C)c1nnc([C@H](C)NC(=O)OCC2c3ccccc3-c3ccccc32)o1. The van der Waals surface area contributed by atoms with Crippen molar-refractivity contribution < 1.29 is 33.1 Å². The molecule has 1 heterocycles. The topological polar surface area (TPSA) is 162 Å². The maximum Gasteiger partial charge on any atom is 0.407 e. The van der Waals surface area contributed by atoms with E-state index in [4.69, 9.17) is 13.9 Å². The molecule has 0 aliphatic heterocycles. The molecule has 316 valence electrons. The summed E-state index contributed by atoms with van der Waals surface area (Å²) in [6.07, 6.45) is 0.480. The summed E-state index contributed by atoms with van der Waals surface area (Å²) < 4.78 is 16.7. The number of alkyl carbamates (subject to hydrolysis) is 2. The van der Waals surface area contributed by atoms with Crippen LogP contribution in [0.3, 0.4) is 0 Å². The molecule has 12 heteroatoms. The van der Waals surface area contributed by atoms with Crippen LogP contribution >= 0.6 is 0 Å². The van der Waals surface area contributed by atoms with E-state index >= 15 is 0 Å². The van der Waals surface area contributed by atoms with Gasteiger partial charge in [-0.2, -0.15) is 0 Å². The molecule has 12 nitrogen and oxygen atoms in total. The maximum atomic E-state index is 12.4. The number of rotatable bonds is 14. The minimum Gasteiger partial charge on any atom is -0.449 e. The van der Waals surface area contributed by atoms with E-state index in [2.05, 4.69) is 69.5 Å². The zero-order chi connectivity index (χ0) is 42.1. The van der Waals surface area contributed by atoms with Crippen LogP contribution in [0.1, 0.15) is 120 Å². The lowest BCUT2D eigenvalue weighted by atomic mass is 9.98. The van der Waals surface area contributed by atoms with E-state index in [1.54, 1.807) is 13.8 Å². The minimum absolute atomic E-state index is 0. The summed E-state index contributed by atoms with van der Waals surface area (Å²) in [4.78, 5) is 48.6. The first kappa shape index (κ1) is 44.8. The average Bonchev–Trinajstić information content (AvgIpc) is 3.97. The Balaban J connectivity index is 0.000000224. The normalized spacial score (nSPS) is 14.2. The zero-order valence-corrected chi connectivity index (χ0v) is 34.5. The van der Waals surface area contributed by atoms with Crippen LogP contribution in [0.4, 0.5) is 9.59 Å². The van der Waals surface area contributed by atoms with E-state index in [1.165, 1.54) is 22.3 Å². The van der Waals surface area contributed by atoms with Crippen LogP contribution in [0.5, 0.6) is 0 Å². The molecule has 0 bridgehead atoms. The van der Waals surface area contributed by atoms with E-state index in [0.29, 0.717) is 11.8 Å². The molecule has 1 aromatic heterocycles. The van der Waals surface area contributed by atoms with Crippen LogP contribution in [-0.4, -0.2) is 59.9 Å². The Bertz CT molecular complexity index is 2180. The van der Waals surface area contributed by atoms with Crippen LogP contribution in [0.25, 0.3) is 22.3 Å². The second-order valence-electron chi connectivity index (χ2n) is 15.2. The predicted octanol–water partition coefficient (Wildman–Crippen LogP) is 9.46. The van der Waals surface area contributed by atoms with Gasteiger partial charge in [0.2, 0.25) is 17.7 Å². The number of hydrogen-bond acceptors (Lipinski definition) is 9. The van der Waals surface area contributed by atoms with Gasteiger partial charge in [-0.05, 0) is 71.2 Å². The highest BCUT2D eigenvalue weighted by molar-refractivity contribution is 5.90. The van der Waals surface area contributed by atoms with Crippen LogP contribution in [0.15, 0.2) is 101 Å². The Hall–Kier alpha value is -6.30. The fourth-order valence-electron chi connectivity index (χ4n) is 7.29. The van der Waals surface area contributed by atoms with Crippen molar-refractivity contribution >= 4 is 23.9 Å². The Morgan fingerprint density at radius 3 is 1.47 bits per heavy atom. The molecule has 4 atom stereocenters. The van der Waals surface area contributed by atoms with E-state index in [-0.39, 0.29) is 56.6 Å². The van der Waals surface area contributed by atoms with Crippen molar-refractivity contribution in [1.82, 2.24) is 26.1 Å². The van der Waals surface area contributed by atoms with Crippen LogP contribution in [-0.2, 0) is 19.1 Å². The molecular weight excluding hydrogens is 759 g/mol. The molecular formula is C48H57N5O7. The lowest BCUT2D eigenvalue weighted by molar-refractivity contribution is -0.127. The summed E-state index contributed by atoms with van der Waals surface area (Å²) in [5.41, 5.74) is 9.33. The lowest BCUT2D eigenvalue weighted by Crippen LogP contribution is -2.46. The van der Waals surface area contributed by atoms with Gasteiger partial charge in [0, 0.05) is 23.7 Å². The molecule has 0 fully saturated rings. The number of amides is 3. The molecule has 60 heavy (non-hydrogen) atoms. The maximum absolute atomic E-state index is 12.4. The van der Waals surface area contributed by atoms with Crippen molar-refractivity contribution in [1.29, 1.82) is 0 Å². The number of nitrogens with one attached hydrogen (secondary N) is 3. The van der Waals surface area contributed by atoms with Crippen LogP contribution in [0.2, 0.25) is 0 Å². The van der Waals surface area contributed by atoms with Crippen molar-refractivity contribution in [2.24, 2.45) is 5.92 Å². The molecule has 5 aromatic rings. The summed E-state index contributed by atoms with van der Waals surface area (Å²) in [5, 5.41) is 16.0. The molecule has 4 aromatic carbocycles. The smallest absolute Gasteiger partial charge is 0.407 e. The molecule has 0 saturated carbocycles. The Morgan fingerprint density at radius 1 is 0.617 bits per heavy atom. The number of ether oxygens (including phenoxy) is 2. The highest BCUT2D eigenvalue weighted by Gasteiger charge is 2.31. The van der Waals surface area contributed by atoms with Crippen molar-refractivity contribution in [3.8, 4) is 22.3 Å². The highest BCUT2D eigenvalue weighted by atomic mass is 16.6.